The van der Waals surface area contributed by atoms with Crippen LogP contribution < -0.4 is 4.74 Å². The Morgan fingerprint density at radius 1 is 1.24 bits per heavy atom. The summed E-state index contributed by atoms with van der Waals surface area (Å²) in [6, 6.07) is 8.25. The smallest absolute Gasteiger partial charge is 0.119 e. The number of rotatable bonds is 5. The van der Waals surface area contributed by atoms with E-state index in [0.717, 1.165) is 35.7 Å². The van der Waals surface area contributed by atoms with Gasteiger partial charge >= 0.3 is 0 Å². The van der Waals surface area contributed by atoms with Crippen LogP contribution in [0.25, 0.3) is 11.1 Å². The minimum atomic E-state index is 0.758. The van der Waals surface area contributed by atoms with E-state index in [4.69, 9.17) is 4.74 Å². The molecule has 0 spiro atoms. The SMILES string of the molecule is Cc1[nH]ncc1-c1cccc(OCCN2CCCCC2)c1. The second kappa shape index (κ2) is 6.76. The lowest BCUT2D eigenvalue weighted by atomic mass is 10.1. The number of likely N-dealkylation sites (tertiary alicyclic amines) is 1. The maximum absolute atomic E-state index is 5.92. The van der Waals surface area contributed by atoms with Gasteiger partial charge in [-0.15, -0.1) is 0 Å². The van der Waals surface area contributed by atoms with Gasteiger partial charge in [-0.05, 0) is 50.6 Å². The van der Waals surface area contributed by atoms with Crippen LogP contribution in [0.4, 0.5) is 0 Å². The molecule has 1 aliphatic rings. The summed E-state index contributed by atoms with van der Waals surface area (Å²) in [6.07, 6.45) is 5.90. The second-order valence-corrected chi connectivity index (χ2v) is 5.69. The Morgan fingerprint density at radius 3 is 2.86 bits per heavy atom. The maximum Gasteiger partial charge on any atom is 0.119 e. The molecule has 1 saturated heterocycles. The van der Waals surface area contributed by atoms with E-state index in [-0.39, 0.29) is 0 Å². The van der Waals surface area contributed by atoms with Gasteiger partial charge in [0.1, 0.15) is 12.4 Å². The fraction of sp³-hybridized carbons (Fsp3) is 0.471. The molecule has 0 aliphatic carbocycles. The summed E-state index contributed by atoms with van der Waals surface area (Å²) in [4.78, 5) is 2.49. The van der Waals surface area contributed by atoms with Crippen molar-refractivity contribution in [2.75, 3.05) is 26.2 Å². The van der Waals surface area contributed by atoms with E-state index in [0.29, 0.717) is 0 Å². The molecule has 0 radical (unpaired) electrons. The first-order valence-corrected chi connectivity index (χ1v) is 7.78. The Labute approximate surface area is 126 Å². The van der Waals surface area contributed by atoms with E-state index in [2.05, 4.69) is 27.2 Å². The Bertz CT molecular complexity index is 573. The molecule has 2 aromatic rings. The molecule has 0 saturated carbocycles. The van der Waals surface area contributed by atoms with Crippen LogP contribution in [0.3, 0.4) is 0 Å². The molecule has 1 fully saturated rings. The molecule has 21 heavy (non-hydrogen) atoms. The third-order valence-electron chi connectivity index (χ3n) is 4.10. The van der Waals surface area contributed by atoms with E-state index in [1.165, 1.54) is 32.4 Å². The van der Waals surface area contributed by atoms with Gasteiger partial charge in [0.2, 0.25) is 0 Å². The lowest BCUT2D eigenvalue weighted by Crippen LogP contribution is -2.33. The predicted molar refractivity (Wildman–Crippen MR) is 84.5 cm³/mol. The van der Waals surface area contributed by atoms with Crippen LogP contribution in [0.1, 0.15) is 25.0 Å². The molecule has 0 unspecified atom stereocenters. The first kappa shape index (κ1) is 14.1. The predicted octanol–water partition coefficient (Wildman–Crippen LogP) is 3.25. The highest BCUT2D eigenvalue weighted by Crippen LogP contribution is 2.25. The molecule has 1 N–H and O–H groups in total. The van der Waals surface area contributed by atoms with E-state index in [1.807, 2.05) is 25.3 Å². The van der Waals surface area contributed by atoms with Crippen molar-refractivity contribution >= 4 is 0 Å². The third-order valence-corrected chi connectivity index (χ3v) is 4.10. The van der Waals surface area contributed by atoms with Crippen LogP contribution in [0.15, 0.2) is 30.5 Å². The molecule has 112 valence electrons. The number of H-pyrrole nitrogens is 1. The summed E-state index contributed by atoms with van der Waals surface area (Å²) in [5.41, 5.74) is 3.37. The number of hydrogen-bond acceptors (Lipinski definition) is 3. The van der Waals surface area contributed by atoms with Crippen molar-refractivity contribution in [1.29, 1.82) is 0 Å². The summed E-state index contributed by atoms with van der Waals surface area (Å²) < 4.78 is 5.92. The number of nitrogens with zero attached hydrogens (tertiary/aromatic N) is 2. The number of nitrogens with one attached hydrogen (secondary N) is 1. The van der Waals surface area contributed by atoms with Crippen molar-refractivity contribution in [2.24, 2.45) is 0 Å². The zero-order valence-corrected chi connectivity index (χ0v) is 12.6. The van der Waals surface area contributed by atoms with Gasteiger partial charge in [-0.2, -0.15) is 5.10 Å². The van der Waals surface area contributed by atoms with E-state index in [9.17, 15) is 0 Å². The fourth-order valence-corrected chi connectivity index (χ4v) is 2.87. The minimum absolute atomic E-state index is 0.758. The van der Waals surface area contributed by atoms with Gasteiger partial charge in [0, 0.05) is 17.8 Å². The number of benzene rings is 1. The topological polar surface area (TPSA) is 41.1 Å². The molecule has 0 bridgehead atoms. The number of aryl methyl sites for hydroxylation is 1. The van der Waals surface area contributed by atoms with E-state index in [1.54, 1.807) is 0 Å². The van der Waals surface area contributed by atoms with Crippen molar-refractivity contribution < 1.29 is 4.74 Å². The number of aromatic nitrogens is 2. The fourth-order valence-electron chi connectivity index (χ4n) is 2.87. The number of hydrogen-bond donors (Lipinski definition) is 1. The zero-order valence-electron chi connectivity index (χ0n) is 12.6. The van der Waals surface area contributed by atoms with Crippen LogP contribution in [-0.2, 0) is 0 Å². The van der Waals surface area contributed by atoms with Gasteiger partial charge in [-0.25, -0.2) is 0 Å². The van der Waals surface area contributed by atoms with Crippen LogP contribution >= 0.6 is 0 Å². The van der Waals surface area contributed by atoms with Gasteiger partial charge < -0.3 is 4.74 Å². The monoisotopic (exact) mass is 285 g/mol. The van der Waals surface area contributed by atoms with Crippen molar-refractivity contribution in [1.82, 2.24) is 15.1 Å². The van der Waals surface area contributed by atoms with Crippen molar-refractivity contribution in [3.05, 3.63) is 36.2 Å². The van der Waals surface area contributed by atoms with Gasteiger partial charge in [0.25, 0.3) is 0 Å². The average Bonchev–Trinajstić information content (AvgIpc) is 2.95. The van der Waals surface area contributed by atoms with Gasteiger partial charge in [0.15, 0.2) is 0 Å². The van der Waals surface area contributed by atoms with Gasteiger partial charge in [-0.1, -0.05) is 18.6 Å². The highest BCUT2D eigenvalue weighted by atomic mass is 16.5. The standard InChI is InChI=1S/C17H23N3O/c1-14-17(13-18-19-14)15-6-5-7-16(12-15)21-11-10-20-8-3-2-4-9-20/h5-7,12-13H,2-4,8-11H2,1H3,(H,18,19). The molecule has 1 aromatic heterocycles. The summed E-state index contributed by atoms with van der Waals surface area (Å²) in [5, 5.41) is 7.05. The molecular weight excluding hydrogens is 262 g/mol. The Kier molecular flexibility index (Phi) is 4.55. The van der Waals surface area contributed by atoms with Crippen LogP contribution in [-0.4, -0.2) is 41.3 Å². The Morgan fingerprint density at radius 2 is 2.10 bits per heavy atom. The molecule has 1 aromatic carbocycles. The van der Waals surface area contributed by atoms with Crippen molar-refractivity contribution in [3.63, 3.8) is 0 Å². The first-order chi connectivity index (χ1) is 10.3. The van der Waals surface area contributed by atoms with Gasteiger partial charge in [0.05, 0.1) is 6.20 Å². The number of aromatic amines is 1. The average molecular weight is 285 g/mol. The van der Waals surface area contributed by atoms with E-state index < -0.39 is 0 Å². The lowest BCUT2D eigenvalue weighted by Gasteiger charge is -2.26. The summed E-state index contributed by atoms with van der Waals surface area (Å²) in [6.45, 7) is 6.25. The molecule has 3 rings (SSSR count). The quantitative estimate of drug-likeness (QED) is 0.917. The van der Waals surface area contributed by atoms with Crippen LogP contribution in [0.5, 0.6) is 5.75 Å². The van der Waals surface area contributed by atoms with Crippen molar-refractivity contribution in [2.45, 2.75) is 26.2 Å². The molecule has 4 heteroatoms. The van der Waals surface area contributed by atoms with Gasteiger partial charge in [-0.3, -0.25) is 10.00 Å². The van der Waals surface area contributed by atoms with Crippen LogP contribution in [0.2, 0.25) is 0 Å². The highest BCUT2D eigenvalue weighted by molar-refractivity contribution is 5.66. The first-order valence-electron chi connectivity index (χ1n) is 7.78. The maximum atomic E-state index is 5.92. The summed E-state index contributed by atoms with van der Waals surface area (Å²) in [5.74, 6) is 0.935. The summed E-state index contributed by atoms with van der Waals surface area (Å²) in [7, 11) is 0. The molecule has 0 amide bonds. The van der Waals surface area contributed by atoms with Crippen LogP contribution in [0, 0.1) is 6.92 Å². The molecule has 0 atom stereocenters. The lowest BCUT2D eigenvalue weighted by molar-refractivity contribution is 0.183. The van der Waals surface area contributed by atoms with E-state index >= 15 is 0 Å². The molecule has 2 heterocycles. The normalized spacial score (nSPS) is 16.0. The Hall–Kier alpha value is -1.81. The molecule has 4 nitrogen and oxygen atoms in total. The number of piperidine rings is 1. The molecular formula is C17H23N3O. The largest absolute Gasteiger partial charge is 0.492 e. The number of ether oxygens (including phenoxy) is 1. The minimum Gasteiger partial charge on any atom is -0.492 e. The Balaban J connectivity index is 1.57. The second-order valence-electron chi connectivity index (χ2n) is 5.69. The zero-order chi connectivity index (χ0) is 14.5. The highest BCUT2D eigenvalue weighted by Gasteiger charge is 2.10. The summed E-state index contributed by atoms with van der Waals surface area (Å²) >= 11 is 0. The third kappa shape index (κ3) is 3.64. The molecule has 1 aliphatic heterocycles. The van der Waals surface area contributed by atoms with Crippen molar-refractivity contribution in [3.8, 4) is 16.9 Å².